The highest BCUT2D eigenvalue weighted by Crippen LogP contribution is 2.24. The third-order valence-electron chi connectivity index (χ3n) is 4.00. The van der Waals surface area contributed by atoms with Crippen molar-refractivity contribution in [2.75, 3.05) is 12.8 Å². The first-order valence-electron chi connectivity index (χ1n) is 7.63. The van der Waals surface area contributed by atoms with Crippen LogP contribution in [-0.2, 0) is 12.8 Å². The number of nitrogens with zero attached hydrogens (tertiary/aromatic N) is 1. The highest BCUT2D eigenvalue weighted by Gasteiger charge is 2.13. The molecule has 0 fully saturated rings. The predicted octanol–water partition coefficient (Wildman–Crippen LogP) is 3.31. The lowest BCUT2D eigenvalue weighted by Gasteiger charge is -2.09. The van der Waals surface area contributed by atoms with Crippen molar-refractivity contribution in [1.29, 1.82) is 0 Å². The van der Waals surface area contributed by atoms with Crippen molar-refractivity contribution in [1.82, 2.24) is 4.98 Å². The number of methoxy groups -OCH3 is 1. The van der Waals surface area contributed by atoms with Gasteiger partial charge >= 0.3 is 5.97 Å². The second-order valence-corrected chi connectivity index (χ2v) is 5.55. The maximum absolute atomic E-state index is 11.6. The van der Waals surface area contributed by atoms with Crippen LogP contribution in [0, 0.1) is 0 Å². The molecule has 3 N–H and O–H groups in total. The van der Waals surface area contributed by atoms with Gasteiger partial charge in [-0.1, -0.05) is 18.2 Å². The molecule has 0 saturated carbocycles. The van der Waals surface area contributed by atoms with Gasteiger partial charge in [-0.3, -0.25) is 4.98 Å². The number of fused-ring (bicyclic) bond motifs is 1. The number of pyridine rings is 1. The molecule has 0 spiro atoms. The molecule has 0 aliphatic carbocycles. The number of para-hydroxylation sites is 1. The maximum Gasteiger partial charge on any atom is 0.336 e. The third-order valence-corrected chi connectivity index (χ3v) is 4.00. The highest BCUT2D eigenvalue weighted by atomic mass is 16.5. The topological polar surface area (TPSA) is 85.4 Å². The molecule has 0 atom stereocenters. The van der Waals surface area contributed by atoms with Crippen LogP contribution in [0.25, 0.3) is 10.9 Å². The van der Waals surface area contributed by atoms with Crippen LogP contribution in [0.5, 0.6) is 5.75 Å². The normalized spacial score (nSPS) is 10.7. The molecule has 0 unspecified atom stereocenters. The van der Waals surface area contributed by atoms with Crippen molar-refractivity contribution >= 4 is 22.6 Å². The molecule has 5 nitrogen and oxygen atoms in total. The Morgan fingerprint density at radius 1 is 1.17 bits per heavy atom. The second-order valence-electron chi connectivity index (χ2n) is 5.55. The van der Waals surface area contributed by atoms with Crippen LogP contribution in [0.4, 0.5) is 5.69 Å². The first kappa shape index (κ1) is 15.8. The molecule has 0 aliphatic rings. The van der Waals surface area contributed by atoms with Crippen LogP contribution >= 0.6 is 0 Å². The van der Waals surface area contributed by atoms with E-state index in [9.17, 15) is 9.90 Å². The largest absolute Gasteiger partial charge is 0.497 e. The van der Waals surface area contributed by atoms with Crippen molar-refractivity contribution in [2.45, 2.75) is 12.8 Å². The number of nitrogen functional groups attached to an aromatic ring is 1. The molecule has 2 aromatic carbocycles. The average molecular weight is 322 g/mol. The fourth-order valence-electron chi connectivity index (χ4n) is 2.72. The zero-order valence-corrected chi connectivity index (χ0v) is 13.3. The van der Waals surface area contributed by atoms with E-state index in [2.05, 4.69) is 4.98 Å². The van der Waals surface area contributed by atoms with E-state index < -0.39 is 5.97 Å². The molecular formula is C19H18N2O3. The van der Waals surface area contributed by atoms with Crippen molar-refractivity contribution in [2.24, 2.45) is 0 Å². The smallest absolute Gasteiger partial charge is 0.336 e. The number of benzene rings is 2. The zero-order chi connectivity index (χ0) is 17.1. The molecular weight excluding hydrogens is 304 g/mol. The van der Waals surface area contributed by atoms with E-state index >= 15 is 0 Å². The molecule has 24 heavy (non-hydrogen) atoms. The number of ether oxygens (including phenoxy) is 1. The monoisotopic (exact) mass is 322 g/mol. The summed E-state index contributed by atoms with van der Waals surface area (Å²) in [5, 5.41) is 10.1. The van der Waals surface area contributed by atoms with E-state index in [4.69, 9.17) is 10.5 Å². The van der Waals surface area contributed by atoms with Crippen molar-refractivity contribution in [3.05, 3.63) is 65.4 Å². The summed E-state index contributed by atoms with van der Waals surface area (Å²) in [4.78, 5) is 16.2. The molecule has 0 bridgehead atoms. The van der Waals surface area contributed by atoms with Crippen molar-refractivity contribution < 1.29 is 14.6 Å². The number of rotatable bonds is 5. The van der Waals surface area contributed by atoms with Crippen LogP contribution in [0.15, 0.2) is 48.5 Å². The lowest BCUT2D eigenvalue weighted by atomic mass is 10.0. The molecule has 122 valence electrons. The van der Waals surface area contributed by atoms with Gasteiger partial charge in [-0.15, -0.1) is 0 Å². The molecule has 0 aliphatic heterocycles. The molecule has 1 heterocycles. The summed E-state index contributed by atoms with van der Waals surface area (Å²) in [6, 6.07) is 14.5. The van der Waals surface area contributed by atoms with Crippen LogP contribution in [0.3, 0.4) is 0 Å². The Kier molecular flexibility index (Phi) is 4.33. The number of aromatic nitrogens is 1. The number of aryl methyl sites for hydroxylation is 2. The second kappa shape index (κ2) is 6.58. The molecule has 0 amide bonds. The van der Waals surface area contributed by atoms with Gasteiger partial charge in [-0.05, 0) is 48.7 Å². The number of carboxylic acids is 1. The number of carbonyl (C=O) groups is 1. The molecule has 5 heteroatoms. The number of anilines is 1. The number of nitrogens with two attached hydrogens (primary N) is 1. The van der Waals surface area contributed by atoms with Gasteiger partial charge in [0, 0.05) is 16.8 Å². The van der Waals surface area contributed by atoms with Crippen LogP contribution in [0.2, 0.25) is 0 Å². The van der Waals surface area contributed by atoms with Gasteiger partial charge in [0.15, 0.2) is 0 Å². The van der Waals surface area contributed by atoms with Crippen LogP contribution in [-0.4, -0.2) is 23.2 Å². The van der Waals surface area contributed by atoms with Gasteiger partial charge in [-0.25, -0.2) is 4.79 Å². The zero-order valence-electron chi connectivity index (χ0n) is 13.3. The summed E-state index contributed by atoms with van der Waals surface area (Å²) in [6.45, 7) is 0. The average Bonchev–Trinajstić information content (AvgIpc) is 2.59. The minimum absolute atomic E-state index is 0.231. The van der Waals surface area contributed by atoms with Gasteiger partial charge in [0.1, 0.15) is 5.75 Å². The van der Waals surface area contributed by atoms with Gasteiger partial charge < -0.3 is 15.6 Å². The Bertz CT molecular complexity index is 906. The minimum Gasteiger partial charge on any atom is -0.497 e. The van der Waals surface area contributed by atoms with E-state index in [1.807, 2.05) is 24.3 Å². The molecule has 3 rings (SSSR count). The summed E-state index contributed by atoms with van der Waals surface area (Å²) in [5.41, 5.74) is 9.33. The summed E-state index contributed by atoms with van der Waals surface area (Å²) < 4.78 is 5.17. The predicted molar refractivity (Wildman–Crippen MR) is 93.5 cm³/mol. The van der Waals surface area contributed by atoms with Crippen LogP contribution < -0.4 is 10.5 Å². The van der Waals surface area contributed by atoms with E-state index in [1.165, 1.54) is 0 Å². The highest BCUT2D eigenvalue weighted by molar-refractivity contribution is 6.03. The number of aromatic carboxylic acids is 1. The molecule has 1 aromatic heterocycles. The Morgan fingerprint density at radius 2 is 1.96 bits per heavy atom. The molecule has 3 aromatic rings. The summed E-state index contributed by atoms with van der Waals surface area (Å²) in [5.74, 6) is -0.368. The SMILES string of the molecule is COc1ccc2nc(CCc3ccccc3N)cc(C(=O)O)c2c1. The van der Waals surface area contributed by atoms with Gasteiger partial charge in [0.05, 0.1) is 18.2 Å². The third kappa shape index (κ3) is 3.15. The number of carboxylic acid groups (broad SMARTS) is 1. The summed E-state index contributed by atoms with van der Waals surface area (Å²) in [7, 11) is 1.55. The van der Waals surface area contributed by atoms with Gasteiger partial charge in [0.2, 0.25) is 0 Å². The van der Waals surface area contributed by atoms with Crippen molar-refractivity contribution in [3.63, 3.8) is 0 Å². The van der Waals surface area contributed by atoms with E-state index in [0.29, 0.717) is 29.5 Å². The van der Waals surface area contributed by atoms with Gasteiger partial charge in [0.25, 0.3) is 0 Å². The van der Waals surface area contributed by atoms with Gasteiger partial charge in [-0.2, -0.15) is 0 Å². The Morgan fingerprint density at radius 3 is 2.67 bits per heavy atom. The fraction of sp³-hybridized carbons (Fsp3) is 0.158. The Hall–Kier alpha value is -3.08. The van der Waals surface area contributed by atoms with Crippen LogP contribution in [0.1, 0.15) is 21.6 Å². The number of hydrogen-bond donors (Lipinski definition) is 2. The fourth-order valence-corrected chi connectivity index (χ4v) is 2.72. The van der Waals surface area contributed by atoms with E-state index in [1.54, 1.807) is 31.4 Å². The summed E-state index contributed by atoms with van der Waals surface area (Å²) in [6.07, 6.45) is 1.33. The lowest BCUT2D eigenvalue weighted by Crippen LogP contribution is -2.04. The lowest BCUT2D eigenvalue weighted by molar-refractivity contribution is 0.0699. The first-order chi connectivity index (χ1) is 11.6. The minimum atomic E-state index is -0.976. The first-order valence-corrected chi connectivity index (χ1v) is 7.63. The maximum atomic E-state index is 11.6. The summed E-state index contributed by atoms with van der Waals surface area (Å²) >= 11 is 0. The number of hydrogen-bond acceptors (Lipinski definition) is 4. The molecule has 0 radical (unpaired) electrons. The Balaban J connectivity index is 1.97. The van der Waals surface area contributed by atoms with Crippen molar-refractivity contribution in [3.8, 4) is 5.75 Å². The standard InChI is InChI=1S/C19H18N2O3/c1-24-14-8-9-18-15(11-14)16(19(22)23)10-13(21-18)7-6-12-4-2-3-5-17(12)20/h2-5,8-11H,6-7,20H2,1H3,(H,22,23). The quantitative estimate of drug-likeness (QED) is 0.704. The Labute approximate surface area is 139 Å². The molecule has 0 saturated heterocycles. The van der Waals surface area contributed by atoms with E-state index in [0.717, 1.165) is 16.9 Å². The van der Waals surface area contributed by atoms with E-state index in [-0.39, 0.29) is 5.56 Å².